The summed E-state index contributed by atoms with van der Waals surface area (Å²) >= 11 is 1.87. The largest absolute Gasteiger partial charge is 0.456 e. The van der Waals surface area contributed by atoms with Gasteiger partial charge in [0.05, 0.1) is 54.6 Å². The number of fused-ring (bicyclic) bond motifs is 18. The molecule has 0 aliphatic carbocycles. The Bertz CT molecular complexity index is 5560. The van der Waals surface area contributed by atoms with Crippen molar-refractivity contribution in [1.82, 2.24) is 29.1 Å². The lowest BCUT2D eigenvalue weighted by Gasteiger charge is -2.15. The Morgan fingerprint density at radius 1 is 0.333 bits per heavy atom. The second kappa shape index (κ2) is 19.3. The number of rotatable bonds is 6. The molecule has 84 heavy (non-hydrogen) atoms. The van der Waals surface area contributed by atoms with Crippen LogP contribution in [0.4, 0.5) is 0 Å². The number of nitrogens with zero attached hydrogens (tertiary/aromatic N) is 6. The lowest BCUT2D eigenvalue weighted by molar-refractivity contribution is 0.669. The molecule has 0 aliphatic heterocycles. The SMILES string of the molecule is c1ccc(-c2cc(-c3ccccc3)nc(-n3c4ccccc4c4ccc5oc6ccccc6c5c43)n2)cc1.c1ccc(-c2cc(-n3c4ccccc4c4c5ccccc5c5c6ccccc6sc5c43)nc3c(-c4ccccc4)ccnc23)cc1. The van der Waals surface area contributed by atoms with Gasteiger partial charge >= 0.3 is 0 Å². The molecule has 0 bridgehead atoms. The summed E-state index contributed by atoms with van der Waals surface area (Å²) in [6.07, 6.45) is 1.91. The fourth-order valence-corrected chi connectivity index (χ4v) is 14.1. The quantitative estimate of drug-likeness (QED) is 0.166. The van der Waals surface area contributed by atoms with Crippen LogP contribution in [0.3, 0.4) is 0 Å². The lowest BCUT2D eigenvalue weighted by atomic mass is 9.99. The van der Waals surface area contributed by atoms with Crippen molar-refractivity contribution >= 4 is 119 Å². The molecule has 0 atom stereocenters. The molecule has 7 heterocycles. The molecule has 392 valence electrons. The van der Waals surface area contributed by atoms with Crippen molar-refractivity contribution in [3.63, 3.8) is 0 Å². The molecule has 18 rings (SSSR count). The number of benzene rings is 11. The van der Waals surface area contributed by atoms with Crippen LogP contribution in [0.25, 0.3) is 164 Å². The smallest absolute Gasteiger partial charge is 0.235 e. The molecule has 0 radical (unpaired) electrons. The monoisotopic (exact) mass is 1090 g/mol. The van der Waals surface area contributed by atoms with Crippen LogP contribution in [0.2, 0.25) is 0 Å². The molecule has 0 spiro atoms. The molecule has 8 heteroatoms. The molecule has 0 fully saturated rings. The first kappa shape index (κ1) is 47.7. The number of hydrogen-bond donors (Lipinski definition) is 0. The van der Waals surface area contributed by atoms with Crippen LogP contribution < -0.4 is 0 Å². The van der Waals surface area contributed by atoms with Gasteiger partial charge in [-0.1, -0.05) is 218 Å². The van der Waals surface area contributed by atoms with Gasteiger partial charge in [-0.2, -0.15) is 0 Å². The van der Waals surface area contributed by atoms with E-state index in [0.29, 0.717) is 5.95 Å². The zero-order chi connectivity index (χ0) is 55.2. The van der Waals surface area contributed by atoms with E-state index >= 15 is 0 Å². The molecule has 7 aromatic heterocycles. The maximum absolute atomic E-state index is 6.28. The Hall–Kier alpha value is -11.1. The standard InChI is InChI=1S/C42H25N3S.C34H21N3O/c1-3-13-26(14-4-1)28-23-24-43-39-33(27-15-5-2-6-16-27)25-36(44-40(28)39)45-34-21-11-9-19-31(34)37-29-17-7-8-18-30(29)38-32-20-10-12-22-35(32)46-42(38)41(37)45;1-3-11-22(12-4-1)27-21-28(23-13-5-2-6-14-23)36-34(35-27)37-29-17-9-7-15-24(29)25-19-20-31-32(33(25)37)26-16-8-10-18-30(26)38-31/h1-25H;1-21H. The Labute approximate surface area is 485 Å². The van der Waals surface area contributed by atoms with E-state index in [4.69, 9.17) is 24.4 Å². The predicted octanol–water partition coefficient (Wildman–Crippen LogP) is 20.4. The van der Waals surface area contributed by atoms with Gasteiger partial charge in [0.1, 0.15) is 17.0 Å². The van der Waals surface area contributed by atoms with Gasteiger partial charge in [-0.3, -0.25) is 14.1 Å². The summed E-state index contributed by atoms with van der Waals surface area (Å²) in [5, 5.41) is 12.1. The van der Waals surface area contributed by atoms with Crippen molar-refractivity contribution in [2.24, 2.45) is 0 Å². The molecular formula is C76H46N6OS. The first-order chi connectivity index (χ1) is 41.7. The second-order valence-electron chi connectivity index (χ2n) is 21.2. The average molecular weight is 1090 g/mol. The van der Waals surface area contributed by atoms with Gasteiger partial charge in [-0.05, 0) is 76.5 Å². The van der Waals surface area contributed by atoms with Crippen LogP contribution in [0, 0.1) is 0 Å². The fourth-order valence-electron chi connectivity index (χ4n) is 12.8. The summed E-state index contributed by atoms with van der Waals surface area (Å²) in [5.74, 6) is 1.52. The van der Waals surface area contributed by atoms with Gasteiger partial charge < -0.3 is 4.42 Å². The molecule has 0 amide bonds. The number of hydrogen-bond acceptors (Lipinski definition) is 6. The Balaban J connectivity index is 0.000000135. The van der Waals surface area contributed by atoms with Gasteiger partial charge in [0.2, 0.25) is 5.95 Å². The minimum Gasteiger partial charge on any atom is -0.456 e. The summed E-state index contributed by atoms with van der Waals surface area (Å²) < 4.78 is 13.5. The molecule has 0 saturated carbocycles. The normalized spacial score (nSPS) is 11.8. The Morgan fingerprint density at radius 2 is 0.869 bits per heavy atom. The van der Waals surface area contributed by atoms with E-state index in [0.717, 1.165) is 111 Å². The molecule has 0 N–H and O–H groups in total. The highest BCUT2D eigenvalue weighted by Gasteiger charge is 2.25. The van der Waals surface area contributed by atoms with Gasteiger partial charge in [-0.15, -0.1) is 11.3 Å². The maximum atomic E-state index is 6.28. The van der Waals surface area contributed by atoms with E-state index in [-0.39, 0.29) is 0 Å². The molecule has 0 aliphatic rings. The van der Waals surface area contributed by atoms with Crippen molar-refractivity contribution in [2.45, 2.75) is 0 Å². The third kappa shape index (κ3) is 7.51. The molecule has 18 aromatic rings. The van der Waals surface area contributed by atoms with E-state index in [2.05, 4.69) is 234 Å². The zero-order valence-corrected chi connectivity index (χ0v) is 45.9. The van der Waals surface area contributed by atoms with Gasteiger partial charge in [0, 0.05) is 70.9 Å². The van der Waals surface area contributed by atoms with Crippen molar-refractivity contribution in [2.75, 3.05) is 0 Å². The average Bonchev–Trinajstić information content (AvgIpc) is 1.66. The van der Waals surface area contributed by atoms with Crippen LogP contribution in [-0.4, -0.2) is 29.1 Å². The number of aromatic nitrogens is 6. The van der Waals surface area contributed by atoms with Gasteiger partial charge in [-0.25, -0.2) is 15.0 Å². The van der Waals surface area contributed by atoms with E-state index in [1.54, 1.807) is 0 Å². The van der Waals surface area contributed by atoms with Gasteiger partial charge in [0.25, 0.3) is 0 Å². The highest BCUT2D eigenvalue weighted by molar-refractivity contribution is 7.27. The fraction of sp³-hybridized carbons (Fsp3) is 0. The van der Waals surface area contributed by atoms with Crippen molar-refractivity contribution in [3.05, 3.63) is 279 Å². The minimum absolute atomic E-state index is 0.634. The summed E-state index contributed by atoms with van der Waals surface area (Å²) in [5.41, 5.74) is 16.2. The summed E-state index contributed by atoms with van der Waals surface area (Å²) in [6.45, 7) is 0. The van der Waals surface area contributed by atoms with E-state index in [9.17, 15) is 0 Å². The molecule has 7 nitrogen and oxygen atoms in total. The van der Waals surface area contributed by atoms with Crippen LogP contribution in [-0.2, 0) is 0 Å². The summed E-state index contributed by atoms with van der Waals surface area (Å²) in [7, 11) is 0. The number of furan rings is 1. The number of pyridine rings is 2. The van der Waals surface area contributed by atoms with Crippen LogP contribution in [0.5, 0.6) is 0 Å². The van der Waals surface area contributed by atoms with Crippen molar-refractivity contribution in [1.29, 1.82) is 0 Å². The van der Waals surface area contributed by atoms with E-state index in [1.807, 2.05) is 66.1 Å². The van der Waals surface area contributed by atoms with Crippen LogP contribution >= 0.6 is 11.3 Å². The maximum Gasteiger partial charge on any atom is 0.235 e. The minimum atomic E-state index is 0.634. The van der Waals surface area contributed by atoms with Gasteiger partial charge in [0.15, 0.2) is 0 Å². The molecular weight excluding hydrogens is 1040 g/mol. The third-order valence-electron chi connectivity index (χ3n) is 16.5. The van der Waals surface area contributed by atoms with E-state index < -0.39 is 0 Å². The highest BCUT2D eigenvalue weighted by Crippen LogP contribution is 2.49. The third-order valence-corrected chi connectivity index (χ3v) is 17.6. The Kier molecular flexibility index (Phi) is 11.0. The second-order valence-corrected chi connectivity index (χ2v) is 22.2. The highest BCUT2D eigenvalue weighted by atomic mass is 32.1. The number of para-hydroxylation sites is 3. The Morgan fingerprint density at radius 3 is 1.55 bits per heavy atom. The first-order valence-electron chi connectivity index (χ1n) is 28.2. The predicted molar refractivity (Wildman–Crippen MR) is 350 cm³/mol. The summed E-state index contributed by atoms with van der Waals surface area (Å²) in [6, 6.07) is 95.5. The van der Waals surface area contributed by atoms with E-state index in [1.165, 1.54) is 47.2 Å². The summed E-state index contributed by atoms with van der Waals surface area (Å²) in [4.78, 5) is 20.8. The lowest BCUT2D eigenvalue weighted by Crippen LogP contribution is -2.04. The topological polar surface area (TPSA) is 74.6 Å². The zero-order valence-electron chi connectivity index (χ0n) is 45.1. The first-order valence-corrected chi connectivity index (χ1v) is 29.0. The number of thiophene rings is 1. The van der Waals surface area contributed by atoms with Crippen molar-refractivity contribution < 1.29 is 4.42 Å². The van der Waals surface area contributed by atoms with Crippen molar-refractivity contribution in [3.8, 4) is 56.5 Å². The van der Waals surface area contributed by atoms with Crippen LogP contribution in [0.15, 0.2) is 284 Å². The van der Waals surface area contributed by atoms with Crippen LogP contribution in [0.1, 0.15) is 0 Å². The molecule has 0 saturated heterocycles. The molecule has 11 aromatic carbocycles. The molecule has 0 unspecified atom stereocenters.